The summed E-state index contributed by atoms with van der Waals surface area (Å²) in [4.78, 5) is 17.1. The monoisotopic (exact) mass is 653 g/mol. The van der Waals surface area contributed by atoms with E-state index in [1.165, 1.54) is 14.0 Å². The summed E-state index contributed by atoms with van der Waals surface area (Å²) in [6.07, 6.45) is -2.05. The van der Waals surface area contributed by atoms with Gasteiger partial charge in [-0.1, -0.05) is 11.6 Å². The Bertz CT molecular complexity index is 1660. The Morgan fingerprint density at radius 1 is 1.16 bits per heavy atom. The zero-order chi connectivity index (χ0) is 31.8. The number of pyridine rings is 1. The number of hydrogen-bond donors (Lipinski definition) is 2. The molecule has 3 N–H and O–H groups in total. The predicted octanol–water partition coefficient (Wildman–Crippen LogP) is 5.30. The van der Waals surface area contributed by atoms with Crippen LogP contribution in [0.5, 0.6) is 11.8 Å². The molecule has 3 aromatic rings. The second kappa shape index (κ2) is 10.9. The van der Waals surface area contributed by atoms with Crippen molar-refractivity contribution in [2.24, 2.45) is 0 Å². The highest BCUT2D eigenvalue weighted by atomic mass is 35.5. The first-order valence-corrected chi connectivity index (χ1v) is 15.4. The van der Waals surface area contributed by atoms with Crippen LogP contribution in [-0.2, 0) is 6.18 Å². The minimum Gasteiger partial charge on any atom is -0.494 e. The number of rotatable bonds is 6. The van der Waals surface area contributed by atoms with Gasteiger partial charge in [-0.15, -0.1) is 0 Å². The van der Waals surface area contributed by atoms with Gasteiger partial charge in [0, 0.05) is 38.1 Å². The van der Waals surface area contributed by atoms with Crippen LogP contribution in [0, 0.1) is 12.7 Å². The third-order valence-electron chi connectivity index (χ3n) is 9.65. The molecule has 0 aliphatic carbocycles. The second-order valence-electron chi connectivity index (χ2n) is 12.6. The number of aryl methyl sites for hydroxylation is 1. The first-order valence-electron chi connectivity index (χ1n) is 15.0. The van der Waals surface area contributed by atoms with E-state index in [0.717, 1.165) is 38.3 Å². The molecular weight excluding hydrogens is 621 g/mol. The number of fused-ring (bicyclic) bond motifs is 4. The fraction of sp³-hybridized carbons (Fsp3) is 0.567. The van der Waals surface area contributed by atoms with Crippen LogP contribution in [0.1, 0.15) is 43.2 Å². The standard InChI is InChI=1S/C30H33ClF5N7O2/c1-14-8-18(37)39-24(21(14)30(34,35)36)19-22(31)26(44-2)20-25(23(19)33)40-28(41-27(20)42-11-16-4-5-17(12-42)38-16)45-13-29-6-3-7-43(29)10-15(32)9-29/h8,15-17,38H,3-7,9-13H2,1-2H3,(H2,37,39)/t15-,16?,17?,29+/m1/s1. The van der Waals surface area contributed by atoms with E-state index in [1.807, 2.05) is 4.90 Å². The topological polar surface area (TPSA) is 102 Å². The predicted molar refractivity (Wildman–Crippen MR) is 159 cm³/mol. The lowest BCUT2D eigenvalue weighted by atomic mass is 9.95. The summed E-state index contributed by atoms with van der Waals surface area (Å²) in [5, 5.41) is 3.23. The van der Waals surface area contributed by atoms with Crippen molar-refractivity contribution >= 4 is 34.1 Å². The molecule has 0 amide bonds. The van der Waals surface area contributed by atoms with Gasteiger partial charge >= 0.3 is 12.2 Å². The second-order valence-corrected chi connectivity index (χ2v) is 13.0. The van der Waals surface area contributed by atoms with E-state index in [0.29, 0.717) is 31.9 Å². The highest BCUT2D eigenvalue weighted by Crippen LogP contribution is 2.50. The number of anilines is 2. The molecule has 0 radical (unpaired) electrons. The molecule has 242 valence electrons. The Labute approximate surface area is 261 Å². The highest BCUT2D eigenvalue weighted by Gasteiger charge is 2.49. The van der Waals surface area contributed by atoms with E-state index < -0.39 is 45.5 Å². The van der Waals surface area contributed by atoms with E-state index in [-0.39, 0.29) is 52.7 Å². The van der Waals surface area contributed by atoms with E-state index in [9.17, 15) is 17.6 Å². The van der Waals surface area contributed by atoms with E-state index in [2.05, 4.69) is 20.2 Å². The SMILES string of the molecule is COc1c(Cl)c(-c2nc(N)cc(C)c2C(F)(F)F)c(F)c2nc(OC[C@@]34CCCN3C[C@H](F)C4)nc(N3CC4CCC(C3)N4)c12. The number of nitrogens with zero attached hydrogens (tertiary/aromatic N) is 5. The number of hydrogen-bond acceptors (Lipinski definition) is 9. The largest absolute Gasteiger partial charge is 0.494 e. The minimum absolute atomic E-state index is 0.0819. The molecule has 0 spiro atoms. The van der Waals surface area contributed by atoms with Gasteiger partial charge in [0.25, 0.3) is 0 Å². The summed E-state index contributed by atoms with van der Waals surface area (Å²) in [5.41, 5.74) is 2.16. The van der Waals surface area contributed by atoms with Crippen molar-refractivity contribution in [1.82, 2.24) is 25.2 Å². The number of benzene rings is 1. The van der Waals surface area contributed by atoms with Gasteiger partial charge in [0.2, 0.25) is 0 Å². The van der Waals surface area contributed by atoms with E-state index in [1.54, 1.807) is 0 Å². The van der Waals surface area contributed by atoms with Crippen molar-refractivity contribution in [2.75, 3.05) is 50.5 Å². The van der Waals surface area contributed by atoms with Crippen molar-refractivity contribution in [3.63, 3.8) is 0 Å². The van der Waals surface area contributed by atoms with E-state index >= 15 is 4.39 Å². The summed E-state index contributed by atoms with van der Waals surface area (Å²) in [7, 11) is 1.29. The minimum atomic E-state index is -4.90. The van der Waals surface area contributed by atoms with Gasteiger partial charge in [-0.2, -0.15) is 23.1 Å². The number of nitrogens with two attached hydrogens (primary N) is 1. The van der Waals surface area contributed by atoms with Crippen molar-refractivity contribution in [3.05, 3.63) is 28.0 Å². The van der Waals surface area contributed by atoms with E-state index in [4.69, 9.17) is 31.8 Å². The summed E-state index contributed by atoms with van der Waals surface area (Å²) >= 11 is 6.72. The van der Waals surface area contributed by atoms with Crippen LogP contribution in [0.4, 0.5) is 33.6 Å². The van der Waals surface area contributed by atoms with Crippen molar-refractivity contribution < 1.29 is 31.4 Å². The lowest BCUT2D eigenvalue weighted by Gasteiger charge is -2.35. The molecule has 0 saturated carbocycles. The van der Waals surface area contributed by atoms with Gasteiger partial charge in [0.15, 0.2) is 11.6 Å². The van der Waals surface area contributed by atoms with Gasteiger partial charge < -0.3 is 25.4 Å². The van der Waals surface area contributed by atoms with Crippen LogP contribution in [0.2, 0.25) is 5.02 Å². The number of aromatic nitrogens is 3. The van der Waals surface area contributed by atoms with Crippen LogP contribution in [0.3, 0.4) is 0 Å². The van der Waals surface area contributed by atoms with Crippen LogP contribution in [-0.4, -0.2) is 83.5 Å². The lowest BCUT2D eigenvalue weighted by molar-refractivity contribution is -0.137. The summed E-state index contributed by atoms with van der Waals surface area (Å²) in [6.45, 7) is 3.45. The Kier molecular flexibility index (Phi) is 7.40. The Hall–Kier alpha value is -3.23. The summed E-state index contributed by atoms with van der Waals surface area (Å²) in [6, 6.07) is 1.23. The van der Waals surface area contributed by atoms with Crippen LogP contribution in [0.25, 0.3) is 22.2 Å². The smallest absolute Gasteiger partial charge is 0.418 e. The molecule has 2 bridgehead atoms. The summed E-state index contributed by atoms with van der Waals surface area (Å²) in [5.74, 6) is -1.18. The quantitative estimate of drug-likeness (QED) is 0.344. The molecule has 1 aromatic carbocycles. The number of nitrogens with one attached hydrogen (secondary N) is 1. The maximum atomic E-state index is 16.8. The Morgan fingerprint density at radius 2 is 1.89 bits per heavy atom. The molecule has 7 rings (SSSR count). The molecule has 6 heterocycles. The van der Waals surface area contributed by atoms with Crippen LogP contribution in [0.15, 0.2) is 6.07 Å². The molecule has 4 fully saturated rings. The molecule has 9 nitrogen and oxygen atoms in total. The maximum Gasteiger partial charge on any atom is 0.418 e. The molecule has 4 aliphatic rings. The zero-order valence-electron chi connectivity index (χ0n) is 24.8. The zero-order valence-corrected chi connectivity index (χ0v) is 25.5. The average Bonchev–Trinajstić information content (AvgIpc) is 3.61. The average molecular weight is 654 g/mol. The van der Waals surface area contributed by atoms with Gasteiger partial charge in [0.05, 0.1) is 39.9 Å². The number of methoxy groups -OCH3 is 1. The molecule has 2 unspecified atom stereocenters. The van der Waals surface area contributed by atoms with Crippen molar-refractivity contribution in [1.29, 1.82) is 0 Å². The fourth-order valence-corrected chi connectivity index (χ4v) is 8.13. The van der Waals surface area contributed by atoms with Crippen LogP contribution < -0.4 is 25.4 Å². The normalized spacial score (nSPS) is 26.6. The van der Waals surface area contributed by atoms with Gasteiger partial charge in [-0.05, 0) is 50.8 Å². The number of alkyl halides is 4. The third kappa shape index (κ3) is 5.09. The molecule has 45 heavy (non-hydrogen) atoms. The highest BCUT2D eigenvalue weighted by molar-refractivity contribution is 6.36. The number of halogens is 6. The number of ether oxygens (including phenoxy) is 2. The molecule has 4 aliphatic heterocycles. The Balaban J connectivity index is 1.43. The van der Waals surface area contributed by atoms with Gasteiger partial charge in [-0.3, -0.25) is 4.90 Å². The van der Waals surface area contributed by atoms with Gasteiger partial charge in [-0.25, -0.2) is 13.8 Å². The Morgan fingerprint density at radius 3 is 2.58 bits per heavy atom. The molecule has 15 heteroatoms. The van der Waals surface area contributed by atoms with Crippen LogP contribution >= 0.6 is 11.6 Å². The first-order chi connectivity index (χ1) is 21.4. The third-order valence-corrected chi connectivity index (χ3v) is 10.0. The summed E-state index contributed by atoms with van der Waals surface area (Å²) < 4.78 is 86.2. The fourth-order valence-electron chi connectivity index (χ4n) is 7.78. The molecule has 4 atom stereocenters. The number of piperazine rings is 1. The van der Waals surface area contributed by atoms with Crippen molar-refractivity contribution in [3.8, 4) is 23.0 Å². The lowest BCUT2D eigenvalue weighted by Crippen LogP contribution is -2.51. The molecular formula is C30H33ClF5N7O2. The first kappa shape index (κ1) is 30.4. The molecule has 4 saturated heterocycles. The van der Waals surface area contributed by atoms with Gasteiger partial charge in [0.1, 0.15) is 29.9 Å². The van der Waals surface area contributed by atoms with Crippen molar-refractivity contribution in [2.45, 2.75) is 69.0 Å². The maximum absolute atomic E-state index is 16.8. The number of nitrogen functional groups attached to an aromatic ring is 1. The molecule has 2 aromatic heterocycles.